The van der Waals surface area contributed by atoms with Crippen LogP contribution in [0.2, 0.25) is 0 Å². The number of hydrogen-bond donors (Lipinski definition) is 0. The van der Waals surface area contributed by atoms with Crippen molar-refractivity contribution in [2.45, 2.75) is 45.4 Å². The van der Waals surface area contributed by atoms with Gasteiger partial charge in [-0.3, -0.25) is 4.79 Å². The number of hydrogen-bond acceptors (Lipinski definition) is 3. The standard InChI is InChI=1S/C12H19NO2/c1-3-6-11(9-10-13)7-4-5-8-12(14)15-2/h9H,3-8H2,1-2H3/b11-9+. The Labute approximate surface area is 91.7 Å². The van der Waals surface area contributed by atoms with Crippen molar-refractivity contribution in [3.8, 4) is 6.07 Å². The Morgan fingerprint density at radius 2 is 2.00 bits per heavy atom. The van der Waals surface area contributed by atoms with Crippen molar-refractivity contribution >= 4 is 5.97 Å². The molecule has 0 saturated heterocycles. The molecule has 0 aromatic heterocycles. The van der Waals surface area contributed by atoms with E-state index in [1.54, 1.807) is 6.08 Å². The van der Waals surface area contributed by atoms with E-state index in [1.807, 2.05) is 0 Å². The quantitative estimate of drug-likeness (QED) is 0.368. The summed E-state index contributed by atoms with van der Waals surface area (Å²) in [6, 6.07) is 2.06. The average Bonchev–Trinajstić information content (AvgIpc) is 2.24. The second kappa shape index (κ2) is 9.26. The second-order valence-corrected chi connectivity index (χ2v) is 3.46. The number of unbranched alkanes of at least 4 members (excludes halogenated alkanes) is 1. The number of ether oxygens (including phenoxy) is 1. The van der Waals surface area contributed by atoms with Gasteiger partial charge in [-0.2, -0.15) is 5.26 Å². The highest BCUT2D eigenvalue weighted by molar-refractivity contribution is 5.68. The zero-order valence-corrected chi connectivity index (χ0v) is 9.58. The number of carbonyl (C=O) groups is 1. The molecule has 0 aliphatic carbocycles. The maximum Gasteiger partial charge on any atom is 0.305 e. The van der Waals surface area contributed by atoms with Gasteiger partial charge in [-0.05, 0) is 25.7 Å². The SMILES string of the molecule is CCC/C(=C\C#N)CCCCC(=O)OC. The van der Waals surface area contributed by atoms with E-state index in [-0.39, 0.29) is 5.97 Å². The minimum Gasteiger partial charge on any atom is -0.469 e. The molecule has 0 bridgehead atoms. The average molecular weight is 209 g/mol. The third-order valence-electron chi connectivity index (χ3n) is 2.20. The predicted octanol–water partition coefficient (Wildman–Crippen LogP) is 2.97. The van der Waals surface area contributed by atoms with Crippen molar-refractivity contribution in [3.05, 3.63) is 11.6 Å². The van der Waals surface area contributed by atoms with E-state index in [1.165, 1.54) is 12.7 Å². The van der Waals surface area contributed by atoms with Gasteiger partial charge in [-0.1, -0.05) is 18.9 Å². The van der Waals surface area contributed by atoms with Gasteiger partial charge in [0.05, 0.1) is 13.2 Å². The molecule has 3 heteroatoms. The molecule has 0 atom stereocenters. The van der Waals surface area contributed by atoms with Gasteiger partial charge in [0.25, 0.3) is 0 Å². The monoisotopic (exact) mass is 209 g/mol. The Balaban J connectivity index is 3.68. The number of nitriles is 1. The van der Waals surface area contributed by atoms with Crippen molar-refractivity contribution in [1.29, 1.82) is 5.26 Å². The van der Waals surface area contributed by atoms with Crippen LogP contribution in [0, 0.1) is 11.3 Å². The molecule has 0 heterocycles. The summed E-state index contributed by atoms with van der Waals surface area (Å²) in [4.78, 5) is 10.8. The first-order valence-corrected chi connectivity index (χ1v) is 5.39. The molecule has 0 aliphatic heterocycles. The fourth-order valence-corrected chi connectivity index (χ4v) is 1.41. The Morgan fingerprint density at radius 3 is 2.53 bits per heavy atom. The van der Waals surface area contributed by atoms with Crippen molar-refractivity contribution in [3.63, 3.8) is 0 Å². The summed E-state index contributed by atoms with van der Waals surface area (Å²) in [6.45, 7) is 2.10. The third-order valence-corrected chi connectivity index (χ3v) is 2.20. The molecule has 0 unspecified atom stereocenters. The van der Waals surface area contributed by atoms with Gasteiger partial charge in [0, 0.05) is 12.5 Å². The second-order valence-electron chi connectivity index (χ2n) is 3.46. The van der Waals surface area contributed by atoms with Gasteiger partial charge in [0.1, 0.15) is 0 Å². The number of rotatable bonds is 7. The van der Waals surface area contributed by atoms with E-state index < -0.39 is 0 Å². The predicted molar refractivity (Wildman–Crippen MR) is 59.1 cm³/mol. The van der Waals surface area contributed by atoms with E-state index in [0.717, 1.165) is 32.1 Å². The van der Waals surface area contributed by atoms with Crippen LogP contribution in [0.5, 0.6) is 0 Å². The number of carbonyl (C=O) groups excluding carboxylic acids is 1. The lowest BCUT2D eigenvalue weighted by molar-refractivity contribution is -0.140. The van der Waals surface area contributed by atoms with Crippen molar-refractivity contribution in [2.24, 2.45) is 0 Å². The fourth-order valence-electron chi connectivity index (χ4n) is 1.41. The first-order valence-electron chi connectivity index (χ1n) is 5.39. The minimum atomic E-state index is -0.156. The molecule has 0 spiro atoms. The normalized spacial score (nSPS) is 10.9. The molecule has 0 amide bonds. The molecule has 0 rings (SSSR count). The van der Waals surface area contributed by atoms with Crippen LogP contribution in [0.25, 0.3) is 0 Å². The maximum absolute atomic E-state index is 10.8. The molecule has 84 valence electrons. The molecule has 15 heavy (non-hydrogen) atoms. The van der Waals surface area contributed by atoms with Gasteiger partial charge in [0.2, 0.25) is 0 Å². The van der Waals surface area contributed by atoms with Gasteiger partial charge in [0.15, 0.2) is 0 Å². The van der Waals surface area contributed by atoms with Crippen molar-refractivity contribution in [1.82, 2.24) is 0 Å². The maximum atomic E-state index is 10.8. The lowest BCUT2D eigenvalue weighted by Crippen LogP contribution is -1.99. The molecule has 0 aromatic rings. The van der Waals surface area contributed by atoms with E-state index in [4.69, 9.17) is 5.26 Å². The number of esters is 1. The van der Waals surface area contributed by atoms with Crippen LogP contribution in [0.15, 0.2) is 11.6 Å². The molecule has 0 aliphatic rings. The summed E-state index contributed by atoms with van der Waals surface area (Å²) in [5.74, 6) is -0.156. The zero-order chi connectivity index (χ0) is 11.5. The Morgan fingerprint density at radius 1 is 1.33 bits per heavy atom. The molecule has 0 aromatic carbocycles. The van der Waals surface area contributed by atoms with Gasteiger partial charge in [-0.15, -0.1) is 0 Å². The van der Waals surface area contributed by atoms with Crippen LogP contribution in [0.4, 0.5) is 0 Å². The van der Waals surface area contributed by atoms with Crippen LogP contribution in [-0.2, 0) is 9.53 Å². The van der Waals surface area contributed by atoms with E-state index in [9.17, 15) is 4.79 Å². The van der Waals surface area contributed by atoms with E-state index in [0.29, 0.717) is 6.42 Å². The Kier molecular flexibility index (Phi) is 8.46. The molecule has 0 saturated carbocycles. The number of nitrogens with zero attached hydrogens (tertiary/aromatic N) is 1. The van der Waals surface area contributed by atoms with Crippen molar-refractivity contribution in [2.75, 3.05) is 7.11 Å². The molecular weight excluding hydrogens is 190 g/mol. The largest absolute Gasteiger partial charge is 0.469 e. The van der Waals surface area contributed by atoms with Crippen LogP contribution in [0.3, 0.4) is 0 Å². The summed E-state index contributed by atoms with van der Waals surface area (Å²) in [6.07, 6.45) is 6.83. The fraction of sp³-hybridized carbons (Fsp3) is 0.667. The van der Waals surface area contributed by atoms with Crippen LogP contribution >= 0.6 is 0 Å². The molecule has 0 radical (unpaired) electrons. The highest BCUT2D eigenvalue weighted by atomic mass is 16.5. The summed E-state index contributed by atoms with van der Waals surface area (Å²) in [5, 5.41) is 8.55. The summed E-state index contributed by atoms with van der Waals surface area (Å²) >= 11 is 0. The first kappa shape index (κ1) is 13.7. The first-order chi connectivity index (χ1) is 7.24. The van der Waals surface area contributed by atoms with E-state index >= 15 is 0 Å². The highest BCUT2D eigenvalue weighted by Crippen LogP contribution is 2.14. The zero-order valence-electron chi connectivity index (χ0n) is 9.58. The summed E-state index contributed by atoms with van der Waals surface area (Å²) < 4.78 is 4.55. The van der Waals surface area contributed by atoms with Gasteiger partial charge in [-0.25, -0.2) is 0 Å². The van der Waals surface area contributed by atoms with Crippen LogP contribution < -0.4 is 0 Å². The van der Waals surface area contributed by atoms with Crippen LogP contribution in [-0.4, -0.2) is 13.1 Å². The number of methoxy groups -OCH3 is 1. The number of allylic oxidation sites excluding steroid dienone is 2. The van der Waals surface area contributed by atoms with Crippen molar-refractivity contribution < 1.29 is 9.53 Å². The summed E-state index contributed by atoms with van der Waals surface area (Å²) in [5.41, 5.74) is 1.19. The molecule has 0 fully saturated rings. The lowest BCUT2D eigenvalue weighted by atomic mass is 10.0. The van der Waals surface area contributed by atoms with E-state index in [2.05, 4.69) is 17.7 Å². The van der Waals surface area contributed by atoms with Gasteiger partial charge < -0.3 is 4.74 Å². The van der Waals surface area contributed by atoms with Crippen LogP contribution in [0.1, 0.15) is 45.4 Å². The topological polar surface area (TPSA) is 50.1 Å². The molecule has 3 nitrogen and oxygen atoms in total. The molecular formula is C12H19NO2. The molecule has 0 N–H and O–H groups in total. The smallest absolute Gasteiger partial charge is 0.305 e. The Hall–Kier alpha value is -1.30. The third kappa shape index (κ3) is 7.75. The highest BCUT2D eigenvalue weighted by Gasteiger charge is 2.01. The minimum absolute atomic E-state index is 0.156. The lowest BCUT2D eigenvalue weighted by Gasteiger charge is -2.03. The van der Waals surface area contributed by atoms with Gasteiger partial charge >= 0.3 is 5.97 Å². The summed E-state index contributed by atoms with van der Waals surface area (Å²) in [7, 11) is 1.40. The Bertz CT molecular complexity index is 251.